The summed E-state index contributed by atoms with van der Waals surface area (Å²) in [6, 6.07) is 4.03. The smallest absolute Gasteiger partial charge is 0.340 e. The van der Waals surface area contributed by atoms with Crippen molar-refractivity contribution in [2.24, 2.45) is 7.05 Å². The molecule has 0 saturated carbocycles. The summed E-state index contributed by atoms with van der Waals surface area (Å²) in [5, 5.41) is 7.21. The number of carbonyl (C=O) groups excluding carboxylic acids is 3. The highest BCUT2D eigenvalue weighted by Gasteiger charge is 2.48. The quantitative estimate of drug-likeness (QED) is 0.359. The van der Waals surface area contributed by atoms with Gasteiger partial charge in [-0.1, -0.05) is 6.07 Å². The van der Waals surface area contributed by atoms with Crippen LogP contribution in [0.15, 0.2) is 30.5 Å². The van der Waals surface area contributed by atoms with Crippen molar-refractivity contribution in [2.75, 3.05) is 13.1 Å². The van der Waals surface area contributed by atoms with E-state index in [1.807, 2.05) is 0 Å². The molecule has 3 aromatic rings. The van der Waals surface area contributed by atoms with Crippen LogP contribution in [0.5, 0.6) is 0 Å². The van der Waals surface area contributed by atoms with Crippen molar-refractivity contribution in [3.63, 3.8) is 0 Å². The van der Waals surface area contributed by atoms with Crippen LogP contribution in [0, 0.1) is 5.95 Å². The lowest BCUT2D eigenvalue weighted by Crippen LogP contribution is -2.58. The van der Waals surface area contributed by atoms with Crippen molar-refractivity contribution in [3.8, 4) is 0 Å². The predicted octanol–water partition coefficient (Wildman–Crippen LogP) is 3.19. The third-order valence-electron chi connectivity index (χ3n) is 8.54. The van der Waals surface area contributed by atoms with Gasteiger partial charge in [-0.15, -0.1) is 11.3 Å². The van der Waals surface area contributed by atoms with Gasteiger partial charge in [0.25, 0.3) is 5.91 Å². The molecule has 1 aromatic carbocycles. The van der Waals surface area contributed by atoms with E-state index in [0.717, 1.165) is 22.4 Å². The van der Waals surface area contributed by atoms with Crippen molar-refractivity contribution in [3.05, 3.63) is 52.4 Å². The van der Waals surface area contributed by atoms with Gasteiger partial charge in [0.15, 0.2) is 0 Å². The van der Waals surface area contributed by atoms with Crippen LogP contribution in [-0.2, 0) is 21.2 Å². The molecular formula is C27H30F2N5O6PS. The normalized spacial score (nSPS) is 23.9. The number of halogens is 2. The van der Waals surface area contributed by atoms with Crippen LogP contribution in [0.2, 0.25) is 0 Å². The van der Waals surface area contributed by atoms with Crippen molar-refractivity contribution in [1.82, 2.24) is 24.9 Å². The molecule has 3 aliphatic rings. The molecule has 6 rings (SSSR count). The lowest BCUT2D eigenvalue weighted by molar-refractivity contribution is -0.148. The van der Waals surface area contributed by atoms with Gasteiger partial charge in [-0.2, -0.15) is 9.49 Å². The molecule has 4 atom stereocenters. The summed E-state index contributed by atoms with van der Waals surface area (Å²) in [6.07, 6.45) is 4.54. The monoisotopic (exact) mass is 621 g/mol. The molecule has 2 aromatic heterocycles. The molecule has 0 aliphatic carbocycles. The molecule has 15 heteroatoms. The third-order valence-corrected chi connectivity index (χ3v) is 10.5. The molecule has 42 heavy (non-hydrogen) atoms. The van der Waals surface area contributed by atoms with Crippen molar-refractivity contribution in [1.29, 1.82) is 0 Å². The number of nitrogens with zero attached hydrogens (tertiary/aromatic N) is 4. The first-order chi connectivity index (χ1) is 19.9. The van der Waals surface area contributed by atoms with Crippen LogP contribution in [-0.4, -0.2) is 78.3 Å². The van der Waals surface area contributed by atoms with E-state index < -0.39 is 37.4 Å². The molecule has 3 amide bonds. The highest BCUT2D eigenvalue weighted by molar-refractivity contribution is 7.51. The molecule has 0 bridgehead atoms. The molecule has 3 N–H and O–H groups in total. The van der Waals surface area contributed by atoms with E-state index in [-0.39, 0.29) is 34.2 Å². The van der Waals surface area contributed by atoms with Gasteiger partial charge in [-0.05, 0) is 61.3 Å². The summed E-state index contributed by atoms with van der Waals surface area (Å²) in [7, 11) is -3.46. The van der Waals surface area contributed by atoms with Crippen molar-refractivity contribution < 1.29 is 37.5 Å². The third kappa shape index (κ3) is 5.14. The van der Waals surface area contributed by atoms with Crippen LogP contribution in [0.25, 0.3) is 10.1 Å². The Hall–Kier alpha value is -3.19. The Morgan fingerprint density at radius 1 is 1.17 bits per heavy atom. The second-order valence-electron chi connectivity index (χ2n) is 11.2. The number of rotatable bonds is 6. The standard InChI is InChI=1S/C27H30F2N5O6PS/c1-32-23(28)18(11-30-32)16-12-33(13-16)27(37)20-7-6-17-3-2-4-19(26(36)34(17)20)31-25(35)22-10-15-9-14(5-8-21(15)42-22)24(29)41(38,39)40/h5,8-11,16-17,19-20,24H,2-4,6-7,12-13H2,1H3,(H,31,35)(H2,38,39,40)/t17-,19-,20-,24?/m0/s1. The Morgan fingerprint density at radius 2 is 1.93 bits per heavy atom. The number of hydrogen-bond acceptors (Lipinski definition) is 6. The second kappa shape index (κ2) is 10.8. The fourth-order valence-corrected chi connectivity index (χ4v) is 7.76. The first-order valence-corrected chi connectivity index (χ1v) is 16.2. The molecule has 3 saturated heterocycles. The Kier molecular flexibility index (Phi) is 7.45. The van der Waals surface area contributed by atoms with E-state index >= 15 is 0 Å². The van der Waals surface area contributed by atoms with Gasteiger partial charge in [-0.3, -0.25) is 18.9 Å². The first-order valence-electron chi connectivity index (χ1n) is 13.7. The van der Waals surface area contributed by atoms with Gasteiger partial charge in [0.1, 0.15) is 12.1 Å². The van der Waals surface area contributed by atoms with Gasteiger partial charge in [-0.25, -0.2) is 9.07 Å². The number of fused-ring (bicyclic) bond motifs is 2. The lowest BCUT2D eigenvalue weighted by atomic mass is 9.92. The first kappa shape index (κ1) is 28.9. The molecule has 0 spiro atoms. The number of likely N-dealkylation sites (tertiary alicyclic amines) is 1. The van der Waals surface area contributed by atoms with E-state index in [2.05, 4.69) is 10.4 Å². The van der Waals surface area contributed by atoms with E-state index in [0.29, 0.717) is 54.4 Å². The van der Waals surface area contributed by atoms with E-state index in [4.69, 9.17) is 9.79 Å². The number of aryl methyl sites for hydroxylation is 1. The molecule has 3 fully saturated rings. The molecule has 11 nitrogen and oxygen atoms in total. The number of thiophene rings is 1. The highest BCUT2D eigenvalue weighted by Crippen LogP contribution is 2.53. The summed E-state index contributed by atoms with van der Waals surface area (Å²) < 4.78 is 41.6. The topological polar surface area (TPSA) is 145 Å². The molecule has 0 radical (unpaired) electrons. The minimum atomic E-state index is -4.98. The highest BCUT2D eigenvalue weighted by atomic mass is 32.1. The van der Waals surface area contributed by atoms with Gasteiger partial charge >= 0.3 is 7.60 Å². The number of nitrogens with one attached hydrogen (secondary N) is 1. The van der Waals surface area contributed by atoms with Gasteiger partial charge in [0, 0.05) is 42.4 Å². The maximum absolute atomic E-state index is 14.3. The summed E-state index contributed by atoms with van der Waals surface area (Å²) in [5.74, 6) is -3.99. The number of hydrogen-bond donors (Lipinski definition) is 3. The summed E-state index contributed by atoms with van der Waals surface area (Å²) in [5.41, 5.74) is 0.289. The molecule has 224 valence electrons. The lowest BCUT2D eigenvalue weighted by Gasteiger charge is -2.42. The zero-order valence-corrected chi connectivity index (χ0v) is 24.4. The SMILES string of the molecule is Cn1ncc(C2CN(C(=O)[C@@H]3CC[C@@H]4CCC[C@H](NC(=O)c5cc6cc(C(F)P(=O)(O)O)ccc6s5)C(=O)N43)C2)c1F. The van der Waals surface area contributed by atoms with Crippen molar-refractivity contribution >= 4 is 46.7 Å². The largest absolute Gasteiger partial charge is 0.363 e. The summed E-state index contributed by atoms with van der Waals surface area (Å²) in [6.45, 7) is 0.714. The Bertz CT molecular complexity index is 1620. The number of amides is 3. The average Bonchev–Trinajstić information content (AvgIpc) is 3.60. The average molecular weight is 622 g/mol. The Labute approximate surface area is 243 Å². The van der Waals surface area contributed by atoms with E-state index in [9.17, 15) is 27.7 Å². The maximum atomic E-state index is 14.3. The van der Waals surface area contributed by atoms with Crippen LogP contribution in [0.1, 0.15) is 64.7 Å². The maximum Gasteiger partial charge on any atom is 0.363 e. The van der Waals surface area contributed by atoms with E-state index in [1.54, 1.807) is 9.80 Å². The zero-order chi connectivity index (χ0) is 29.9. The minimum absolute atomic E-state index is 0.0911. The number of alkyl halides is 1. The minimum Gasteiger partial charge on any atom is -0.340 e. The molecular weight excluding hydrogens is 591 g/mol. The summed E-state index contributed by atoms with van der Waals surface area (Å²) >= 11 is 1.12. The van der Waals surface area contributed by atoms with Gasteiger partial charge in [0.2, 0.25) is 23.7 Å². The molecule has 1 unspecified atom stereocenters. The van der Waals surface area contributed by atoms with E-state index in [1.165, 1.54) is 37.5 Å². The van der Waals surface area contributed by atoms with Crippen LogP contribution in [0.3, 0.4) is 0 Å². The fraction of sp³-hybridized carbons (Fsp3) is 0.481. The van der Waals surface area contributed by atoms with Crippen molar-refractivity contribution in [2.45, 2.75) is 62.1 Å². The van der Waals surface area contributed by atoms with Crippen LogP contribution >= 0.6 is 18.9 Å². The number of benzene rings is 1. The number of aromatic nitrogens is 2. The molecule has 5 heterocycles. The predicted molar refractivity (Wildman–Crippen MR) is 149 cm³/mol. The fourth-order valence-electron chi connectivity index (χ4n) is 6.26. The molecule has 3 aliphatic heterocycles. The summed E-state index contributed by atoms with van der Waals surface area (Å²) in [4.78, 5) is 62.3. The Balaban J connectivity index is 1.14. The number of carbonyl (C=O) groups is 3. The van der Waals surface area contributed by atoms with Crippen LogP contribution < -0.4 is 5.32 Å². The van der Waals surface area contributed by atoms with Gasteiger partial charge in [0.05, 0.1) is 11.1 Å². The van der Waals surface area contributed by atoms with Crippen LogP contribution in [0.4, 0.5) is 8.78 Å². The second-order valence-corrected chi connectivity index (χ2v) is 14.0. The van der Waals surface area contributed by atoms with Gasteiger partial charge < -0.3 is 24.9 Å². The Morgan fingerprint density at radius 3 is 2.62 bits per heavy atom. The zero-order valence-electron chi connectivity index (χ0n) is 22.7.